The van der Waals surface area contributed by atoms with Crippen LogP contribution in [0.3, 0.4) is 0 Å². The maximum absolute atomic E-state index is 12.7. The van der Waals surface area contributed by atoms with Gasteiger partial charge in [-0.05, 0) is 12.1 Å². The van der Waals surface area contributed by atoms with E-state index in [4.69, 9.17) is 69.6 Å². The van der Waals surface area contributed by atoms with Crippen LogP contribution in [-0.2, 0) is 0 Å². The minimum atomic E-state index is -0.581. The topological polar surface area (TPSA) is 34.1 Å². The Morgan fingerprint density at radius 1 is 0.500 bits per heavy atom. The van der Waals surface area contributed by atoms with Gasteiger partial charge in [0, 0.05) is 0 Å². The van der Waals surface area contributed by atoms with Gasteiger partial charge < -0.3 is 0 Å². The maximum Gasteiger partial charge on any atom is 0.197 e. The number of rotatable bonds is 0. The van der Waals surface area contributed by atoms with Crippen molar-refractivity contribution < 1.29 is 9.59 Å². The highest BCUT2D eigenvalue weighted by Gasteiger charge is 2.38. The van der Waals surface area contributed by atoms with E-state index < -0.39 is 11.6 Å². The molecule has 0 saturated carbocycles. The van der Waals surface area contributed by atoms with Crippen molar-refractivity contribution in [1.82, 2.24) is 0 Å². The van der Waals surface area contributed by atoms with Gasteiger partial charge in [0.2, 0.25) is 0 Å². The molecule has 1 aliphatic carbocycles. The zero-order valence-electron chi connectivity index (χ0n) is 10.2. The fraction of sp³-hybridized carbons (Fsp3) is 0. The normalized spacial score (nSPS) is 13.2. The molecule has 0 aromatic heterocycles. The van der Waals surface area contributed by atoms with E-state index >= 15 is 0 Å². The second kappa shape index (κ2) is 5.55. The van der Waals surface area contributed by atoms with Crippen molar-refractivity contribution >= 4 is 81.2 Å². The summed E-state index contributed by atoms with van der Waals surface area (Å²) in [7, 11) is 0. The Kier molecular flexibility index (Phi) is 4.14. The lowest BCUT2D eigenvalue weighted by Gasteiger charge is -2.22. The second-order valence-electron chi connectivity index (χ2n) is 4.44. The molecule has 0 aliphatic heterocycles. The third kappa shape index (κ3) is 2.10. The third-order valence-corrected chi connectivity index (χ3v) is 5.71. The summed E-state index contributed by atoms with van der Waals surface area (Å²) in [6, 6.07) is 2.85. The van der Waals surface area contributed by atoms with E-state index in [0.717, 1.165) is 0 Å². The van der Waals surface area contributed by atoms with Gasteiger partial charge in [0.05, 0.1) is 52.4 Å². The van der Waals surface area contributed by atoms with Gasteiger partial charge in [0.25, 0.3) is 0 Å². The minimum absolute atomic E-state index is 0.0250. The van der Waals surface area contributed by atoms with Crippen LogP contribution in [0.4, 0.5) is 0 Å². The molecule has 2 aromatic rings. The monoisotopic (exact) mass is 412 g/mol. The van der Waals surface area contributed by atoms with Crippen molar-refractivity contribution in [3.8, 4) is 0 Å². The van der Waals surface area contributed by atoms with Gasteiger partial charge in [-0.15, -0.1) is 0 Å². The van der Waals surface area contributed by atoms with Gasteiger partial charge in [0.1, 0.15) is 0 Å². The number of fused-ring (bicyclic) bond motifs is 2. The Bertz CT molecular complexity index is 816. The highest BCUT2D eigenvalue weighted by atomic mass is 35.5. The lowest BCUT2D eigenvalue weighted by atomic mass is 9.84. The molecular weight excluding hydrogens is 413 g/mol. The largest absolute Gasteiger partial charge is 0.288 e. The molecule has 1 aliphatic rings. The molecule has 0 fully saturated rings. The van der Waals surface area contributed by atoms with Crippen LogP contribution in [0, 0.1) is 0 Å². The van der Waals surface area contributed by atoms with E-state index in [2.05, 4.69) is 0 Å². The summed E-state index contributed by atoms with van der Waals surface area (Å²) in [6.07, 6.45) is 0. The molecular formula is C14H2Cl6O2. The van der Waals surface area contributed by atoms with Crippen molar-refractivity contribution in [2.45, 2.75) is 0 Å². The zero-order valence-corrected chi connectivity index (χ0v) is 14.8. The molecule has 0 spiro atoms. The van der Waals surface area contributed by atoms with E-state index in [9.17, 15) is 9.59 Å². The first-order valence-electron chi connectivity index (χ1n) is 5.70. The van der Waals surface area contributed by atoms with Crippen LogP contribution in [-0.4, -0.2) is 11.6 Å². The summed E-state index contributed by atoms with van der Waals surface area (Å²) < 4.78 is 0. The van der Waals surface area contributed by atoms with Crippen LogP contribution >= 0.6 is 69.6 Å². The lowest BCUT2D eigenvalue weighted by molar-refractivity contribution is 0.0979. The first-order chi connectivity index (χ1) is 10.3. The van der Waals surface area contributed by atoms with E-state index in [1.54, 1.807) is 0 Å². The van der Waals surface area contributed by atoms with Gasteiger partial charge in [-0.2, -0.15) is 0 Å². The van der Waals surface area contributed by atoms with Gasteiger partial charge in [-0.3, -0.25) is 9.59 Å². The van der Waals surface area contributed by atoms with Crippen LogP contribution in [0.5, 0.6) is 0 Å². The zero-order chi connectivity index (χ0) is 16.3. The summed E-state index contributed by atoms with van der Waals surface area (Å²) in [4.78, 5) is 25.4. The number of halogens is 6. The maximum atomic E-state index is 12.7. The Morgan fingerprint density at radius 3 is 1.14 bits per heavy atom. The lowest BCUT2D eigenvalue weighted by Crippen LogP contribution is -2.23. The molecule has 2 nitrogen and oxygen atoms in total. The molecule has 0 unspecified atom stereocenters. The van der Waals surface area contributed by atoms with E-state index in [0.29, 0.717) is 0 Å². The van der Waals surface area contributed by atoms with Crippen molar-refractivity contribution in [1.29, 1.82) is 0 Å². The summed E-state index contributed by atoms with van der Waals surface area (Å²) in [6.45, 7) is 0. The molecule has 22 heavy (non-hydrogen) atoms. The summed E-state index contributed by atoms with van der Waals surface area (Å²) in [5, 5.41) is -0.329. The van der Waals surface area contributed by atoms with Gasteiger partial charge >= 0.3 is 0 Å². The van der Waals surface area contributed by atoms with Crippen LogP contribution < -0.4 is 0 Å². The second-order valence-corrected chi connectivity index (χ2v) is 6.77. The number of hydrogen-bond acceptors (Lipinski definition) is 2. The predicted octanol–water partition coefficient (Wildman–Crippen LogP) is 6.38. The van der Waals surface area contributed by atoms with Gasteiger partial charge in [-0.1, -0.05) is 69.6 Å². The molecule has 2 aromatic carbocycles. The van der Waals surface area contributed by atoms with Crippen molar-refractivity contribution in [2.24, 2.45) is 0 Å². The molecule has 112 valence electrons. The predicted molar refractivity (Wildman–Crippen MR) is 89.8 cm³/mol. The molecule has 0 heterocycles. The molecule has 0 bridgehead atoms. The van der Waals surface area contributed by atoms with Crippen molar-refractivity contribution in [3.63, 3.8) is 0 Å². The SMILES string of the molecule is O=C1c2c(Cl)ccc(Cl)c2C(=O)c2c(Cl)c(Cl)c(Cl)c(Cl)c21. The Balaban J connectivity index is 2.50. The Morgan fingerprint density at radius 2 is 0.818 bits per heavy atom. The van der Waals surface area contributed by atoms with Crippen LogP contribution in [0.15, 0.2) is 12.1 Å². The van der Waals surface area contributed by atoms with Crippen molar-refractivity contribution in [2.75, 3.05) is 0 Å². The minimum Gasteiger partial charge on any atom is -0.288 e. The standard InChI is InChI=1S/C14H2Cl6O2/c15-3-1-2-4(16)6-5(3)13(21)7-8(14(6)22)10(18)12(20)11(19)9(7)17/h1-2H. The first kappa shape index (κ1) is 16.4. The average molecular weight is 415 g/mol. The molecule has 0 amide bonds. The third-order valence-electron chi connectivity index (χ3n) is 3.28. The van der Waals surface area contributed by atoms with Crippen LogP contribution in [0.1, 0.15) is 31.8 Å². The summed E-state index contributed by atoms with van der Waals surface area (Å²) >= 11 is 36.2. The molecule has 8 heteroatoms. The first-order valence-corrected chi connectivity index (χ1v) is 7.97. The fourth-order valence-corrected chi connectivity index (χ4v) is 3.81. The number of carbonyl (C=O) groups is 2. The molecule has 0 radical (unpaired) electrons. The summed E-state index contributed by atoms with van der Waals surface area (Å²) in [5.41, 5.74) is -0.295. The number of ketones is 2. The van der Waals surface area contributed by atoms with E-state index in [-0.39, 0.29) is 52.4 Å². The molecule has 3 rings (SSSR count). The van der Waals surface area contributed by atoms with E-state index in [1.165, 1.54) is 12.1 Å². The number of benzene rings is 2. The fourth-order valence-electron chi connectivity index (χ4n) is 2.30. The average Bonchev–Trinajstić information content (AvgIpc) is 2.48. The van der Waals surface area contributed by atoms with Crippen LogP contribution in [0.25, 0.3) is 0 Å². The highest BCUT2D eigenvalue weighted by molar-refractivity contribution is 6.56. The highest BCUT2D eigenvalue weighted by Crippen LogP contribution is 2.47. The summed E-state index contributed by atoms with van der Waals surface area (Å²) in [5.74, 6) is -1.16. The smallest absolute Gasteiger partial charge is 0.197 e. The Labute approximate surface area is 154 Å². The van der Waals surface area contributed by atoms with Gasteiger partial charge in [0.15, 0.2) is 11.6 Å². The number of carbonyl (C=O) groups excluding carboxylic acids is 2. The molecule has 0 saturated heterocycles. The quantitative estimate of drug-likeness (QED) is 0.316. The van der Waals surface area contributed by atoms with Gasteiger partial charge in [-0.25, -0.2) is 0 Å². The Hall–Kier alpha value is -0.480. The molecule has 0 N–H and O–H groups in total. The van der Waals surface area contributed by atoms with Crippen LogP contribution in [0.2, 0.25) is 30.1 Å². The van der Waals surface area contributed by atoms with E-state index in [1.807, 2.05) is 0 Å². The van der Waals surface area contributed by atoms with Crippen molar-refractivity contribution in [3.05, 3.63) is 64.5 Å². The number of hydrogen-bond donors (Lipinski definition) is 0. The molecule has 0 atom stereocenters.